The van der Waals surface area contributed by atoms with Crippen LogP contribution in [0.2, 0.25) is 0 Å². The molecule has 0 aromatic heterocycles. The average Bonchev–Trinajstić information content (AvgIpc) is 2.57. The fraction of sp³-hybridized carbons (Fsp3) is 0.810. The molecule has 0 aromatic rings. The van der Waals surface area contributed by atoms with Crippen molar-refractivity contribution in [3.8, 4) is 0 Å². The van der Waals surface area contributed by atoms with Gasteiger partial charge in [-0.2, -0.15) is 0 Å². The maximum atomic E-state index is 12.4. The van der Waals surface area contributed by atoms with E-state index < -0.39 is 41.6 Å². The van der Waals surface area contributed by atoms with E-state index in [1.54, 1.807) is 48.6 Å². The highest BCUT2D eigenvalue weighted by Crippen LogP contribution is 2.09. The molecule has 0 saturated carbocycles. The third kappa shape index (κ3) is 17.1. The first-order valence-electron chi connectivity index (χ1n) is 10.6. The molecule has 31 heavy (non-hydrogen) atoms. The number of unbranched alkanes of at least 4 members (excludes halogenated alkanes) is 1. The fourth-order valence-corrected chi connectivity index (χ4v) is 2.43. The van der Waals surface area contributed by atoms with Crippen LogP contribution < -0.4 is 21.3 Å². The molecule has 0 saturated heterocycles. The second-order valence-corrected chi connectivity index (χ2v) is 9.20. The average molecular weight is 445 g/mol. The van der Waals surface area contributed by atoms with E-state index in [0.29, 0.717) is 38.9 Å². The van der Waals surface area contributed by atoms with Gasteiger partial charge in [0.05, 0.1) is 0 Å². The van der Waals surface area contributed by atoms with Crippen molar-refractivity contribution in [3.63, 3.8) is 0 Å². The summed E-state index contributed by atoms with van der Waals surface area (Å²) in [4.78, 5) is 48.2. The van der Waals surface area contributed by atoms with Crippen LogP contribution in [0.1, 0.15) is 67.2 Å². The summed E-state index contributed by atoms with van der Waals surface area (Å²) in [5.41, 5.74) is -1.26. The molecule has 3 amide bonds. The van der Waals surface area contributed by atoms with E-state index in [1.165, 1.54) is 0 Å². The van der Waals surface area contributed by atoms with Crippen LogP contribution in [0.25, 0.3) is 0 Å². The molecule has 0 spiro atoms. The second-order valence-electron chi connectivity index (χ2n) is 9.20. The minimum Gasteiger partial charge on any atom is -0.460 e. The first kappa shape index (κ1) is 28.6. The number of hydrogen-bond donors (Lipinski definition) is 4. The van der Waals surface area contributed by atoms with Crippen molar-refractivity contribution < 1.29 is 28.7 Å². The number of likely N-dealkylation sites (N-methyl/N-ethyl adjacent to an activating group) is 1. The SMILES string of the molecule is CNCCNC(=O)[C@H](CCCCNC(=O)OC(C)(C)C)NC(=O)CC(=O)OC(C)(C)C. The lowest BCUT2D eigenvalue weighted by molar-refractivity contribution is -0.156. The molecule has 1 atom stereocenters. The summed E-state index contributed by atoms with van der Waals surface area (Å²) >= 11 is 0. The van der Waals surface area contributed by atoms with Crippen molar-refractivity contribution in [1.82, 2.24) is 21.3 Å². The van der Waals surface area contributed by atoms with Gasteiger partial charge in [0.25, 0.3) is 0 Å². The molecule has 4 N–H and O–H groups in total. The maximum absolute atomic E-state index is 12.4. The predicted molar refractivity (Wildman–Crippen MR) is 117 cm³/mol. The van der Waals surface area contributed by atoms with Gasteiger partial charge in [-0.15, -0.1) is 0 Å². The Morgan fingerprint density at radius 3 is 1.97 bits per heavy atom. The summed E-state index contributed by atoms with van der Waals surface area (Å²) in [6.45, 7) is 11.9. The molecule has 0 unspecified atom stereocenters. The number of carbonyl (C=O) groups excluding carboxylic acids is 4. The summed E-state index contributed by atoms with van der Waals surface area (Å²) in [6, 6.07) is -0.784. The normalized spacial score (nSPS) is 12.5. The molecule has 180 valence electrons. The van der Waals surface area contributed by atoms with Gasteiger partial charge in [-0.1, -0.05) is 0 Å². The van der Waals surface area contributed by atoms with Crippen molar-refractivity contribution in [1.29, 1.82) is 0 Å². The van der Waals surface area contributed by atoms with E-state index >= 15 is 0 Å². The third-order valence-corrected chi connectivity index (χ3v) is 3.64. The van der Waals surface area contributed by atoms with E-state index in [9.17, 15) is 19.2 Å². The highest BCUT2D eigenvalue weighted by Gasteiger charge is 2.24. The summed E-state index contributed by atoms with van der Waals surface area (Å²) < 4.78 is 10.3. The van der Waals surface area contributed by atoms with Gasteiger partial charge in [0.15, 0.2) is 0 Å². The minimum absolute atomic E-state index is 0.326. The molecule has 10 heteroatoms. The van der Waals surface area contributed by atoms with Crippen LogP contribution in [-0.2, 0) is 23.9 Å². The van der Waals surface area contributed by atoms with Gasteiger partial charge in [0.2, 0.25) is 11.8 Å². The van der Waals surface area contributed by atoms with Gasteiger partial charge in [-0.25, -0.2) is 4.79 Å². The summed E-state index contributed by atoms with van der Waals surface area (Å²) in [7, 11) is 1.77. The number of rotatable bonds is 12. The third-order valence-electron chi connectivity index (χ3n) is 3.64. The van der Waals surface area contributed by atoms with E-state index in [4.69, 9.17) is 9.47 Å². The zero-order valence-corrected chi connectivity index (χ0v) is 20.0. The van der Waals surface area contributed by atoms with Gasteiger partial charge in [-0.05, 0) is 67.9 Å². The number of nitrogens with one attached hydrogen (secondary N) is 4. The van der Waals surface area contributed by atoms with Crippen LogP contribution in [0.3, 0.4) is 0 Å². The number of ether oxygens (including phenoxy) is 2. The molecule has 10 nitrogen and oxygen atoms in total. The molecule has 0 radical (unpaired) electrons. The van der Waals surface area contributed by atoms with Crippen molar-refractivity contribution >= 4 is 23.9 Å². The Morgan fingerprint density at radius 1 is 0.806 bits per heavy atom. The van der Waals surface area contributed by atoms with E-state index in [0.717, 1.165) is 0 Å². The summed E-state index contributed by atoms with van der Waals surface area (Å²) in [5, 5.41) is 10.9. The molecule has 0 fully saturated rings. The van der Waals surface area contributed by atoms with Crippen molar-refractivity contribution in [2.24, 2.45) is 0 Å². The molecule has 0 heterocycles. The number of carbonyl (C=O) groups is 4. The molecular weight excluding hydrogens is 404 g/mol. The number of esters is 1. The molecule has 0 aliphatic heterocycles. The van der Waals surface area contributed by atoms with Gasteiger partial charge in [0.1, 0.15) is 23.7 Å². The Balaban J connectivity index is 4.60. The highest BCUT2D eigenvalue weighted by molar-refractivity contribution is 5.96. The first-order chi connectivity index (χ1) is 14.2. The Labute approximate surface area is 185 Å². The Morgan fingerprint density at radius 2 is 1.42 bits per heavy atom. The quantitative estimate of drug-likeness (QED) is 0.202. The topological polar surface area (TPSA) is 135 Å². The lowest BCUT2D eigenvalue weighted by Gasteiger charge is -2.21. The Bertz CT molecular complexity index is 596. The van der Waals surface area contributed by atoms with Crippen LogP contribution in [0.4, 0.5) is 4.79 Å². The van der Waals surface area contributed by atoms with Gasteiger partial charge < -0.3 is 30.7 Å². The largest absolute Gasteiger partial charge is 0.460 e. The van der Waals surface area contributed by atoms with Crippen LogP contribution in [-0.4, -0.2) is 67.8 Å². The van der Waals surface area contributed by atoms with Gasteiger partial charge in [0, 0.05) is 19.6 Å². The van der Waals surface area contributed by atoms with Crippen LogP contribution in [0.5, 0.6) is 0 Å². The van der Waals surface area contributed by atoms with Gasteiger partial charge in [-0.3, -0.25) is 14.4 Å². The maximum Gasteiger partial charge on any atom is 0.407 e. The highest BCUT2D eigenvalue weighted by atomic mass is 16.6. The first-order valence-corrected chi connectivity index (χ1v) is 10.6. The number of hydrogen-bond acceptors (Lipinski definition) is 7. The van der Waals surface area contributed by atoms with E-state index in [2.05, 4.69) is 21.3 Å². The second kappa shape index (κ2) is 13.8. The minimum atomic E-state index is -0.784. The predicted octanol–water partition coefficient (Wildman–Crippen LogP) is 1.23. The smallest absolute Gasteiger partial charge is 0.407 e. The van der Waals surface area contributed by atoms with Crippen molar-refractivity contribution in [2.45, 2.75) is 84.5 Å². The lowest BCUT2D eigenvalue weighted by atomic mass is 10.1. The molecule has 0 aromatic carbocycles. The molecule has 0 aliphatic carbocycles. The molecule has 0 aliphatic rings. The lowest BCUT2D eigenvalue weighted by Crippen LogP contribution is -2.48. The van der Waals surface area contributed by atoms with Crippen LogP contribution in [0.15, 0.2) is 0 Å². The summed E-state index contributed by atoms with van der Waals surface area (Å²) in [5.74, 6) is -1.55. The van der Waals surface area contributed by atoms with Crippen LogP contribution >= 0.6 is 0 Å². The van der Waals surface area contributed by atoms with Crippen molar-refractivity contribution in [3.05, 3.63) is 0 Å². The Hall–Kier alpha value is -2.36. The summed E-state index contributed by atoms with van der Waals surface area (Å²) in [6.07, 6.45) is 0.576. The number of amides is 3. The monoisotopic (exact) mass is 444 g/mol. The van der Waals surface area contributed by atoms with E-state index in [1.807, 2.05) is 0 Å². The molecule has 0 bridgehead atoms. The zero-order valence-electron chi connectivity index (χ0n) is 20.0. The molecule has 0 rings (SSSR count). The zero-order chi connectivity index (χ0) is 24.1. The van der Waals surface area contributed by atoms with Crippen LogP contribution in [0, 0.1) is 0 Å². The standard InChI is InChI=1S/C21H40N4O6/c1-20(2,3)30-17(27)14-16(26)25-15(18(28)23-13-12-22-7)10-8-9-11-24-19(29)31-21(4,5)6/h15,22H,8-14H2,1-7H3,(H,23,28)(H,24,29)(H,25,26)/t15-/m0/s1. The Kier molecular flexibility index (Phi) is 12.8. The number of alkyl carbamates (subject to hydrolysis) is 1. The van der Waals surface area contributed by atoms with Crippen molar-refractivity contribution in [2.75, 3.05) is 26.7 Å². The van der Waals surface area contributed by atoms with E-state index in [-0.39, 0.29) is 5.91 Å². The fourth-order valence-electron chi connectivity index (χ4n) is 2.43. The van der Waals surface area contributed by atoms with Gasteiger partial charge >= 0.3 is 12.1 Å². The molecular formula is C21H40N4O6.